The number of alkyl halides is 1. The van der Waals surface area contributed by atoms with Crippen LogP contribution in [0.25, 0.3) is 0 Å². The van der Waals surface area contributed by atoms with Gasteiger partial charge in [-0.2, -0.15) is 5.06 Å². The van der Waals surface area contributed by atoms with Gasteiger partial charge in [-0.3, -0.25) is 4.79 Å². The number of aryl methyl sites for hydroxylation is 3. The van der Waals surface area contributed by atoms with Crippen LogP contribution < -0.4 is 0 Å². The summed E-state index contributed by atoms with van der Waals surface area (Å²) in [5, 5.41) is 1.75. The largest absolute Gasteiger partial charge is 0.449 e. The second-order valence-electron chi connectivity index (χ2n) is 6.73. The molecular weight excluding hydrogens is 330 g/mol. The molecule has 130 valence electrons. The van der Waals surface area contributed by atoms with Gasteiger partial charge in [0, 0.05) is 25.9 Å². The lowest BCUT2D eigenvalue weighted by Crippen LogP contribution is -2.50. The number of hydroxylamine groups is 2. The van der Waals surface area contributed by atoms with Crippen molar-refractivity contribution in [1.29, 1.82) is 0 Å². The highest BCUT2D eigenvalue weighted by atomic mass is 35.5. The van der Waals surface area contributed by atoms with E-state index in [9.17, 15) is 9.59 Å². The molecule has 0 aliphatic carbocycles. The molecule has 2 heterocycles. The zero-order valence-electron chi connectivity index (χ0n) is 14.4. The van der Waals surface area contributed by atoms with Gasteiger partial charge in [0.25, 0.3) is 0 Å². The minimum Gasteiger partial charge on any atom is -0.449 e. The van der Waals surface area contributed by atoms with Crippen molar-refractivity contribution in [3.8, 4) is 0 Å². The summed E-state index contributed by atoms with van der Waals surface area (Å²) in [6, 6.07) is 3.79. The topological polar surface area (TPSA) is 55.8 Å². The summed E-state index contributed by atoms with van der Waals surface area (Å²) < 4.78 is 5.59. The molecule has 1 unspecified atom stereocenters. The standard InChI is InChI=1S/C18H22ClNO4/c1-11-9-13(3)14(10-12(11)2)18(19)15(21)17(24-16(18)22)5-7-20(23-4)8-6-17/h9-10H,5-8H2,1-4H3. The third kappa shape index (κ3) is 2.38. The molecular formula is C18H22ClNO4. The summed E-state index contributed by atoms with van der Waals surface area (Å²) in [6.45, 7) is 6.84. The molecule has 2 fully saturated rings. The van der Waals surface area contributed by atoms with Crippen molar-refractivity contribution < 1.29 is 19.2 Å². The van der Waals surface area contributed by atoms with E-state index < -0.39 is 16.4 Å². The molecule has 0 N–H and O–H groups in total. The van der Waals surface area contributed by atoms with Gasteiger partial charge in [-0.25, -0.2) is 4.79 Å². The first-order valence-electron chi connectivity index (χ1n) is 8.09. The molecule has 1 aromatic rings. The van der Waals surface area contributed by atoms with Crippen LogP contribution in [-0.2, 0) is 24.0 Å². The van der Waals surface area contributed by atoms with Crippen LogP contribution in [0, 0.1) is 20.8 Å². The summed E-state index contributed by atoms with van der Waals surface area (Å²) in [5.74, 6) is -1.00. The van der Waals surface area contributed by atoms with Crippen molar-refractivity contribution in [3.05, 3.63) is 34.4 Å². The van der Waals surface area contributed by atoms with Gasteiger partial charge in [0.1, 0.15) is 0 Å². The predicted molar refractivity (Wildman–Crippen MR) is 89.8 cm³/mol. The van der Waals surface area contributed by atoms with Gasteiger partial charge in [0.2, 0.25) is 10.7 Å². The molecule has 2 aliphatic rings. The van der Waals surface area contributed by atoms with Crippen LogP contribution in [0.5, 0.6) is 0 Å². The fourth-order valence-corrected chi connectivity index (χ4v) is 4.04. The van der Waals surface area contributed by atoms with Crippen LogP contribution in [0.15, 0.2) is 12.1 Å². The van der Waals surface area contributed by atoms with Crippen LogP contribution >= 0.6 is 11.6 Å². The van der Waals surface area contributed by atoms with E-state index in [1.165, 1.54) is 0 Å². The average molecular weight is 352 g/mol. The number of Topliss-reactive ketones (excluding diaryl/α,β-unsaturated/α-hetero) is 1. The Bertz CT molecular complexity index is 709. The van der Waals surface area contributed by atoms with E-state index in [0.29, 0.717) is 31.5 Å². The highest BCUT2D eigenvalue weighted by Gasteiger charge is 2.65. The van der Waals surface area contributed by atoms with Crippen LogP contribution in [0.4, 0.5) is 0 Å². The number of carbonyl (C=O) groups is 2. The number of halogens is 1. The number of nitrogens with zero attached hydrogens (tertiary/aromatic N) is 1. The number of hydrogen-bond donors (Lipinski definition) is 0. The maximum absolute atomic E-state index is 13.2. The number of carbonyl (C=O) groups excluding carboxylic acids is 2. The van der Waals surface area contributed by atoms with Gasteiger partial charge in [0.05, 0.1) is 7.11 Å². The van der Waals surface area contributed by atoms with E-state index >= 15 is 0 Å². The summed E-state index contributed by atoms with van der Waals surface area (Å²) in [5.41, 5.74) is 2.31. The van der Waals surface area contributed by atoms with Crippen molar-refractivity contribution in [1.82, 2.24) is 5.06 Å². The SMILES string of the molecule is CON1CCC2(CC1)OC(=O)C(Cl)(c1cc(C)c(C)cc1C)C2=O. The van der Waals surface area contributed by atoms with E-state index in [1.54, 1.807) is 12.2 Å². The monoisotopic (exact) mass is 351 g/mol. The third-order valence-corrected chi connectivity index (χ3v) is 5.83. The molecule has 1 atom stereocenters. The Balaban J connectivity index is 2.01. The number of ketones is 1. The third-order valence-electron chi connectivity index (χ3n) is 5.30. The molecule has 2 saturated heterocycles. The van der Waals surface area contributed by atoms with Crippen molar-refractivity contribution in [2.45, 2.75) is 44.1 Å². The second kappa shape index (κ2) is 5.83. The molecule has 3 rings (SSSR count). The molecule has 0 bridgehead atoms. The molecule has 0 radical (unpaired) electrons. The van der Waals surface area contributed by atoms with Gasteiger partial charge in [-0.15, -0.1) is 0 Å². The second-order valence-corrected chi connectivity index (χ2v) is 7.30. The van der Waals surface area contributed by atoms with E-state index in [0.717, 1.165) is 16.7 Å². The van der Waals surface area contributed by atoms with Crippen LogP contribution in [0.3, 0.4) is 0 Å². The number of benzene rings is 1. The Morgan fingerprint density at radius 3 is 2.25 bits per heavy atom. The van der Waals surface area contributed by atoms with E-state index in [1.807, 2.05) is 32.9 Å². The number of hydrogen-bond acceptors (Lipinski definition) is 5. The first kappa shape index (κ1) is 17.4. The summed E-state index contributed by atoms with van der Waals surface area (Å²) in [4.78, 5) is 29.3. The van der Waals surface area contributed by atoms with Crippen molar-refractivity contribution in [2.24, 2.45) is 0 Å². The minimum atomic E-state index is -1.75. The first-order chi connectivity index (χ1) is 11.2. The van der Waals surface area contributed by atoms with Crippen LogP contribution in [0.1, 0.15) is 35.1 Å². The van der Waals surface area contributed by atoms with Gasteiger partial charge in [-0.1, -0.05) is 23.7 Å². The summed E-state index contributed by atoms with van der Waals surface area (Å²) >= 11 is 6.65. The lowest BCUT2D eigenvalue weighted by molar-refractivity contribution is -0.184. The van der Waals surface area contributed by atoms with Gasteiger partial charge >= 0.3 is 5.97 Å². The average Bonchev–Trinajstić information content (AvgIpc) is 2.74. The molecule has 1 aromatic carbocycles. The van der Waals surface area contributed by atoms with Gasteiger partial charge in [0.15, 0.2) is 5.60 Å². The Hall–Kier alpha value is -1.43. The lowest BCUT2D eigenvalue weighted by atomic mass is 9.80. The zero-order chi connectivity index (χ0) is 17.7. The minimum absolute atomic E-state index is 0.344. The summed E-state index contributed by atoms with van der Waals surface area (Å²) in [7, 11) is 1.59. The first-order valence-corrected chi connectivity index (χ1v) is 8.47. The Kier molecular flexibility index (Phi) is 4.22. The smallest absolute Gasteiger partial charge is 0.340 e. The van der Waals surface area contributed by atoms with Crippen LogP contribution in [0.2, 0.25) is 0 Å². The van der Waals surface area contributed by atoms with E-state index in [4.69, 9.17) is 21.2 Å². The molecule has 2 aliphatic heterocycles. The van der Waals surface area contributed by atoms with Gasteiger partial charge in [-0.05, 0) is 43.0 Å². The number of rotatable bonds is 2. The summed E-state index contributed by atoms with van der Waals surface area (Å²) in [6.07, 6.45) is 0.785. The molecule has 6 heteroatoms. The maximum Gasteiger partial charge on any atom is 0.340 e. The Morgan fingerprint density at radius 1 is 1.08 bits per heavy atom. The van der Waals surface area contributed by atoms with E-state index in [2.05, 4.69) is 0 Å². The molecule has 5 nitrogen and oxygen atoms in total. The molecule has 0 saturated carbocycles. The number of piperidine rings is 1. The number of ether oxygens (including phenoxy) is 1. The highest BCUT2D eigenvalue weighted by Crippen LogP contribution is 2.48. The Morgan fingerprint density at radius 2 is 1.67 bits per heavy atom. The quantitative estimate of drug-likeness (QED) is 0.465. The molecule has 24 heavy (non-hydrogen) atoms. The number of esters is 1. The lowest BCUT2D eigenvalue weighted by Gasteiger charge is -2.35. The fourth-order valence-electron chi connectivity index (χ4n) is 3.62. The predicted octanol–water partition coefficient (Wildman–Crippen LogP) is 2.57. The maximum atomic E-state index is 13.2. The highest BCUT2D eigenvalue weighted by molar-refractivity contribution is 6.48. The van der Waals surface area contributed by atoms with Crippen molar-refractivity contribution >= 4 is 23.4 Å². The normalized spacial score (nSPS) is 26.9. The van der Waals surface area contributed by atoms with Crippen molar-refractivity contribution in [2.75, 3.05) is 20.2 Å². The van der Waals surface area contributed by atoms with Gasteiger partial charge < -0.3 is 9.57 Å². The van der Waals surface area contributed by atoms with Crippen molar-refractivity contribution in [3.63, 3.8) is 0 Å². The fraction of sp³-hybridized carbons (Fsp3) is 0.556. The molecule has 1 spiro atoms. The van der Waals surface area contributed by atoms with Crippen LogP contribution in [-0.4, -0.2) is 42.6 Å². The van der Waals surface area contributed by atoms with E-state index in [-0.39, 0.29) is 5.78 Å². The molecule has 0 amide bonds. The Labute approximate surface area is 146 Å². The zero-order valence-corrected chi connectivity index (χ0v) is 15.2. The molecule has 0 aromatic heterocycles.